The van der Waals surface area contributed by atoms with E-state index < -0.39 is 35.9 Å². The molecule has 0 radical (unpaired) electrons. The van der Waals surface area contributed by atoms with Gasteiger partial charge in [0.1, 0.15) is 6.10 Å². The summed E-state index contributed by atoms with van der Waals surface area (Å²) in [7, 11) is 0. The summed E-state index contributed by atoms with van der Waals surface area (Å²) in [5, 5.41) is 22.9. The van der Waals surface area contributed by atoms with Gasteiger partial charge in [0, 0.05) is 11.8 Å². The van der Waals surface area contributed by atoms with Crippen LogP contribution in [-0.2, 0) is 11.0 Å². The first kappa shape index (κ1) is 17.2. The Morgan fingerprint density at radius 3 is 2.25 bits per heavy atom. The van der Waals surface area contributed by atoms with Crippen LogP contribution in [0.1, 0.15) is 42.7 Å². The minimum Gasteiger partial charge on any atom is -0.390 e. The number of hydrogen-bond donors (Lipinski definition) is 3. The van der Waals surface area contributed by atoms with Crippen LogP contribution in [0, 0.1) is 5.92 Å². The Morgan fingerprint density at radius 2 is 1.75 bits per heavy atom. The van der Waals surface area contributed by atoms with Gasteiger partial charge in [-0.2, -0.15) is 13.2 Å². The highest BCUT2D eigenvalue weighted by Gasteiger charge is 2.44. The van der Waals surface area contributed by atoms with Gasteiger partial charge in [-0.1, -0.05) is 18.6 Å². The summed E-state index contributed by atoms with van der Waals surface area (Å²) in [6.45, 7) is 0. The number of aliphatic hydroxyl groups is 2. The number of amides is 1. The van der Waals surface area contributed by atoms with Crippen molar-refractivity contribution in [2.45, 2.75) is 56.0 Å². The maximum absolute atomic E-state index is 12.7. The number of benzene rings is 1. The Kier molecular flexibility index (Phi) is 4.57. The van der Waals surface area contributed by atoms with Crippen LogP contribution in [0.3, 0.4) is 0 Å². The highest BCUT2D eigenvalue weighted by atomic mass is 19.4. The van der Waals surface area contributed by atoms with Crippen LogP contribution >= 0.6 is 0 Å². The second-order valence-electron chi connectivity index (χ2n) is 6.68. The molecule has 0 bridgehead atoms. The first-order valence-electron chi connectivity index (χ1n) is 8.11. The van der Waals surface area contributed by atoms with Gasteiger partial charge in [-0.15, -0.1) is 0 Å². The topological polar surface area (TPSA) is 69.6 Å². The van der Waals surface area contributed by atoms with Crippen molar-refractivity contribution < 1.29 is 28.2 Å². The fourth-order valence-corrected chi connectivity index (χ4v) is 3.42. The predicted octanol–water partition coefficient (Wildman–Crippen LogP) is 2.20. The van der Waals surface area contributed by atoms with Crippen LogP contribution in [0.25, 0.3) is 0 Å². The standard InChI is InChI=1S/C17H20F3NO3/c18-17(19,20)11-6-4-9(5-7-11)12-8-13(22)15(23)14(12)21-16(24)10-2-1-3-10/h4-7,10,12-15,22-23H,1-3,8H2,(H,21,24)/t12-,13-,14-,15-/m1/s1. The smallest absolute Gasteiger partial charge is 0.390 e. The van der Waals surface area contributed by atoms with Crippen LogP contribution in [0.5, 0.6) is 0 Å². The lowest BCUT2D eigenvalue weighted by atomic mass is 9.84. The number of rotatable bonds is 3. The van der Waals surface area contributed by atoms with E-state index in [1.165, 1.54) is 12.1 Å². The second-order valence-corrected chi connectivity index (χ2v) is 6.68. The van der Waals surface area contributed by atoms with Gasteiger partial charge in [0.25, 0.3) is 0 Å². The van der Waals surface area contributed by atoms with E-state index in [0.29, 0.717) is 5.56 Å². The Labute approximate surface area is 137 Å². The summed E-state index contributed by atoms with van der Waals surface area (Å²) in [4.78, 5) is 12.1. The molecule has 2 aliphatic carbocycles. The molecule has 1 aromatic carbocycles. The van der Waals surface area contributed by atoms with Crippen LogP contribution in [0.4, 0.5) is 13.2 Å². The molecule has 4 atom stereocenters. The van der Waals surface area contributed by atoms with Crippen molar-refractivity contribution in [3.63, 3.8) is 0 Å². The Hall–Kier alpha value is -1.60. The second kappa shape index (κ2) is 6.37. The van der Waals surface area contributed by atoms with Crippen molar-refractivity contribution >= 4 is 5.91 Å². The van der Waals surface area contributed by atoms with Crippen LogP contribution in [0.2, 0.25) is 0 Å². The Balaban J connectivity index is 1.77. The van der Waals surface area contributed by atoms with E-state index in [-0.39, 0.29) is 18.2 Å². The summed E-state index contributed by atoms with van der Waals surface area (Å²) >= 11 is 0. The summed E-state index contributed by atoms with van der Waals surface area (Å²) in [6.07, 6.45) is -3.74. The van der Waals surface area contributed by atoms with Gasteiger partial charge in [-0.25, -0.2) is 0 Å². The molecule has 0 heterocycles. The summed E-state index contributed by atoms with van der Waals surface area (Å²) in [5.41, 5.74) is -0.182. The molecule has 0 saturated heterocycles. The van der Waals surface area contributed by atoms with E-state index in [0.717, 1.165) is 31.4 Å². The maximum atomic E-state index is 12.7. The van der Waals surface area contributed by atoms with E-state index in [2.05, 4.69) is 5.32 Å². The van der Waals surface area contributed by atoms with Gasteiger partial charge in [0.15, 0.2) is 0 Å². The Morgan fingerprint density at radius 1 is 1.12 bits per heavy atom. The molecule has 24 heavy (non-hydrogen) atoms. The minimum atomic E-state index is -4.41. The molecule has 2 fully saturated rings. The molecular weight excluding hydrogens is 323 g/mol. The van der Waals surface area contributed by atoms with Crippen molar-refractivity contribution in [2.75, 3.05) is 0 Å². The predicted molar refractivity (Wildman–Crippen MR) is 80.1 cm³/mol. The number of carbonyl (C=O) groups is 1. The largest absolute Gasteiger partial charge is 0.416 e. The molecule has 1 aromatic rings. The molecule has 1 amide bonds. The minimum absolute atomic E-state index is 0.0665. The summed E-state index contributed by atoms with van der Waals surface area (Å²) in [5.74, 6) is -0.638. The third-order valence-electron chi connectivity index (χ3n) is 5.14. The van der Waals surface area contributed by atoms with Gasteiger partial charge >= 0.3 is 6.18 Å². The summed E-state index contributed by atoms with van der Waals surface area (Å²) in [6, 6.07) is 3.97. The van der Waals surface area contributed by atoms with Crippen molar-refractivity contribution in [3.8, 4) is 0 Å². The lowest BCUT2D eigenvalue weighted by Gasteiger charge is -2.29. The lowest BCUT2D eigenvalue weighted by molar-refractivity contribution is -0.137. The molecule has 2 aliphatic rings. The molecule has 3 N–H and O–H groups in total. The first-order valence-corrected chi connectivity index (χ1v) is 8.11. The third-order valence-corrected chi connectivity index (χ3v) is 5.14. The zero-order valence-electron chi connectivity index (χ0n) is 13.0. The quantitative estimate of drug-likeness (QED) is 0.788. The highest BCUT2D eigenvalue weighted by molar-refractivity contribution is 5.80. The molecule has 2 saturated carbocycles. The first-order chi connectivity index (χ1) is 11.3. The Bertz CT molecular complexity index is 598. The molecule has 132 valence electrons. The lowest BCUT2D eigenvalue weighted by Crippen LogP contribution is -2.48. The van der Waals surface area contributed by atoms with Crippen LogP contribution < -0.4 is 5.32 Å². The SMILES string of the molecule is O=C(N[C@H]1[C@H](O)[C@H](O)C[C@@H]1c1ccc(C(F)(F)F)cc1)C1CCC1. The highest BCUT2D eigenvalue weighted by Crippen LogP contribution is 2.38. The van der Waals surface area contributed by atoms with Crippen LogP contribution in [-0.4, -0.2) is 34.4 Å². The summed E-state index contributed by atoms with van der Waals surface area (Å²) < 4.78 is 38.0. The molecule has 0 aliphatic heterocycles. The van der Waals surface area contributed by atoms with E-state index in [1.54, 1.807) is 0 Å². The van der Waals surface area contributed by atoms with Crippen molar-refractivity contribution in [3.05, 3.63) is 35.4 Å². The number of halogens is 3. The van der Waals surface area contributed by atoms with Crippen molar-refractivity contribution in [1.82, 2.24) is 5.32 Å². The zero-order chi connectivity index (χ0) is 17.5. The molecule has 3 rings (SSSR count). The number of alkyl halides is 3. The maximum Gasteiger partial charge on any atom is 0.416 e. The number of aliphatic hydroxyl groups excluding tert-OH is 2. The molecule has 0 unspecified atom stereocenters. The van der Waals surface area contributed by atoms with E-state index >= 15 is 0 Å². The van der Waals surface area contributed by atoms with Gasteiger partial charge in [0.2, 0.25) is 5.91 Å². The fraction of sp³-hybridized carbons (Fsp3) is 0.588. The molecular formula is C17H20F3NO3. The van der Waals surface area contributed by atoms with Gasteiger partial charge in [0.05, 0.1) is 17.7 Å². The van der Waals surface area contributed by atoms with Gasteiger partial charge in [-0.05, 0) is 37.0 Å². The monoisotopic (exact) mass is 343 g/mol. The number of nitrogens with one attached hydrogen (secondary N) is 1. The average Bonchev–Trinajstić information content (AvgIpc) is 2.73. The molecule has 7 heteroatoms. The van der Waals surface area contributed by atoms with Crippen LogP contribution in [0.15, 0.2) is 24.3 Å². The van der Waals surface area contributed by atoms with E-state index in [1.807, 2.05) is 0 Å². The van der Waals surface area contributed by atoms with Crippen molar-refractivity contribution in [2.24, 2.45) is 5.92 Å². The number of carbonyl (C=O) groups excluding carboxylic acids is 1. The number of hydrogen-bond acceptors (Lipinski definition) is 3. The normalized spacial score (nSPS) is 30.9. The van der Waals surface area contributed by atoms with Gasteiger partial charge < -0.3 is 15.5 Å². The van der Waals surface area contributed by atoms with Crippen molar-refractivity contribution in [1.29, 1.82) is 0 Å². The van der Waals surface area contributed by atoms with E-state index in [4.69, 9.17) is 0 Å². The average molecular weight is 343 g/mol. The van der Waals surface area contributed by atoms with E-state index in [9.17, 15) is 28.2 Å². The molecule has 0 aromatic heterocycles. The van der Waals surface area contributed by atoms with Gasteiger partial charge in [-0.3, -0.25) is 4.79 Å². The molecule has 4 nitrogen and oxygen atoms in total. The molecule has 0 spiro atoms. The third kappa shape index (κ3) is 3.28. The zero-order valence-corrected chi connectivity index (χ0v) is 13.0. The fourth-order valence-electron chi connectivity index (χ4n) is 3.42.